The number of hydrogen-bond acceptors (Lipinski definition) is 3. The van der Waals surface area contributed by atoms with Crippen molar-refractivity contribution in [2.24, 2.45) is 0 Å². The van der Waals surface area contributed by atoms with Gasteiger partial charge in [-0.1, -0.05) is 23.7 Å². The fourth-order valence-electron chi connectivity index (χ4n) is 2.97. The van der Waals surface area contributed by atoms with E-state index in [0.717, 1.165) is 12.1 Å². The molecule has 0 atom stereocenters. The minimum atomic E-state index is -1.59. The van der Waals surface area contributed by atoms with Crippen LogP contribution in [0.3, 0.4) is 0 Å². The number of benzene rings is 2. The molecule has 4 aromatic rings. The molecular weight excluding hydrogens is 405 g/mol. The summed E-state index contributed by atoms with van der Waals surface area (Å²) in [6.07, 6.45) is 4.64. The first-order valence-corrected chi connectivity index (χ1v) is 8.82. The molecule has 2 aromatic heterocycles. The lowest BCUT2D eigenvalue weighted by Crippen LogP contribution is -2.23. The second-order valence-electron chi connectivity index (χ2n) is 6.11. The number of halogens is 4. The highest BCUT2D eigenvalue weighted by Crippen LogP contribution is 2.30. The fraction of sp³-hybridized carbons (Fsp3) is 0.0500. The van der Waals surface area contributed by atoms with Crippen molar-refractivity contribution < 1.29 is 18.0 Å². The van der Waals surface area contributed by atoms with Crippen LogP contribution >= 0.6 is 11.6 Å². The Morgan fingerprint density at radius 1 is 1.03 bits per heavy atom. The summed E-state index contributed by atoms with van der Waals surface area (Å²) < 4.78 is 41.9. The third-order valence-electron chi connectivity index (χ3n) is 4.35. The summed E-state index contributed by atoms with van der Waals surface area (Å²) in [6.45, 7) is -0.333. The second kappa shape index (κ2) is 7.56. The van der Waals surface area contributed by atoms with Gasteiger partial charge in [0.05, 0.1) is 16.1 Å². The number of aromatic nitrogens is 3. The molecule has 0 saturated carbocycles. The average molecular weight is 417 g/mol. The Hall–Kier alpha value is -3.39. The van der Waals surface area contributed by atoms with Crippen molar-refractivity contribution >= 4 is 28.4 Å². The lowest BCUT2D eigenvalue weighted by atomic mass is 10.1. The van der Waals surface area contributed by atoms with E-state index < -0.39 is 23.4 Å². The molecule has 2 heterocycles. The number of fused-ring (bicyclic) bond motifs is 1. The number of amides is 1. The summed E-state index contributed by atoms with van der Waals surface area (Å²) in [7, 11) is 0. The molecule has 1 N–H and O–H groups in total. The Morgan fingerprint density at radius 2 is 1.79 bits per heavy atom. The molecule has 4 rings (SSSR count). The zero-order chi connectivity index (χ0) is 20.5. The smallest absolute Gasteiger partial charge is 0.253 e. The largest absolute Gasteiger partial charge is 0.348 e. The first kappa shape index (κ1) is 18.9. The predicted molar refractivity (Wildman–Crippen MR) is 101 cm³/mol. The minimum Gasteiger partial charge on any atom is -0.348 e. The molecule has 0 spiro atoms. The normalized spacial score (nSPS) is 11.0. The average Bonchev–Trinajstić information content (AvgIpc) is 3.13. The van der Waals surface area contributed by atoms with Crippen LogP contribution in [-0.2, 0) is 6.54 Å². The van der Waals surface area contributed by atoms with Gasteiger partial charge in [-0.25, -0.2) is 23.1 Å². The van der Waals surface area contributed by atoms with E-state index in [1.165, 1.54) is 6.20 Å². The second-order valence-corrected chi connectivity index (χ2v) is 6.52. The maximum atomic E-state index is 13.8. The Morgan fingerprint density at radius 3 is 2.55 bits per heavy atom. The minimum absolute atomic E-state index is 0.182. The van der Waals surface area contributed by atoms with E-state index >= 15 is 0 Å². The van der Waals surface area contributed by atoms with Crippen LogP contribution in [0.4, 0.5) is 13.2 Å². The molecule has 2 aromatic carbocycles. The third kappa shape index (κ3) is 3.42. The SMILES string of the molecule is O=C(NCc1ccc(F)c(F)c1F)c1cn(-c2ncccn2)c2cccc(Cl)c12. The van der Waals surface area contributed by atoms with Crippen LogP contribution in [0.25, 0.3) is 16.9 Å². The lowest BCUT2D eigenvalue weighted by Gasteiger charge is -2.07. The summed E-state index contributed by atoms with van der Waals surface area (Å²) in [4.78, 5) is 21.1. The Kier molecular flexibility index (Phi) is 4.94. The van der Waals surface area contributed by atoms with E-state index in [1.54, 1.807) is 41.2 Å². The van der Waals surface area contributed by atoms with E-state index in [-0.39, 0.29) is 17.7 Å². The molecule has 0 unspecified atom stereocenters. The molecule has 0 saturated heterocycles. The molecule has 5 nitrogen and oxygen atoms in total. The van der Waals surface area contributed by atoms with Crippen molar-refractivity contribution in [3.8, 4) is 5.95 Å². The van der Waals surface area contributed by atoms with Gasteiger partial charge in [0.1, 0.15) is 0 Å². The molecule has 29 heavy (non-hydrogen) atoms. The molecule has 0 aliphatic carbocycles. The van der Waals surface area contributed by atoms with Crippen LogP contribution in [0, 0.1) is 17.5 Å². The van der Waals surface area contributed by atoms with Gasteiger partial charge in [-0.05, 0) is 24.3 Å². The fourth-order valence-corrected chi connectivity index (χ4v) is 3.24. The first-order chi connectivity index (χ1) is 14.0. The number of hydrogen-bond donors (Lipinski definition) is 1. The summed E-state index contributed by atoms with van der Waals surface area (Å²) in [5.41, 5.74) is 0.632. The van der Waals surface area contributed by atoms with Crippen molar-refractivity contribution in [3.05, 3.63) is 88.6 Å². The van der Waals surface area contributed by atoms with Gasteiger partial charge in [0.25, 0.3) is 5.91 Å². The van der Waals surface area contributed by atoms with Gasteiger partial charge >= 0.3 is 0 Å². The molecule has 146 valence electrons. The van der Waals surface area contributed by atoms with Crippen LogP contribution in [0.1, 0.15) is 15.9 Å². The van der Waals surface area contributed by atoms with Gasteiger partial charge in [-0.3, -0.25) is 9.36 Å². The van der Waals surface area contributed by atoms with Crippen molar-refractivity contribution in [2.75, 3.05) is 0 Å². The number of carbonyl (C=O) groups excluding carboxylic acids is 1. The van der Waals surface area contributed by atoms with Gasteiger partial charge < -0.3 is 5.32 Å². The van der Waals surface area contributed by atoms with E-state index in [9.17, 15) is 18.0 Å². The Labute approximate surface area is 167 Å². The molecule has 0 aliphatic rings. The van der Waals surface area contributed by atoms with E-state index in [0.29, 0.717) is 21.9 Å². The van der Waals surface area contributed by atoms with E-state index in [4.69, 9.17) is 11.6 Å². The zero-order valence-corrected chi connectivity index (χ0v) is 15.4. The highest BCUT2D eigenvalue weighted by Gasteiger charge is 2.20. The lowest BCUT2D eigenvalue weighted by molar-refractivity contribution is 0.0952. The molecule has 9 heteroatoms. The number of nitrogens with zero attached hydrogens (tertiary/aromatic N) is 3. The molecule has 0 fully saturated rings. The Balaban J connectivity index is 1.71. The van der Waals surface area contributed by atoms with E-state index in [2.05, 4.69) is 15.3 Å². The summed E-state index contributed by atoms with van der Waals surface area (Å²) in [5, 5.41) is 3.30. The summed E-state index contributed by atoms with van der Waals surface area (Å²) in [6, 6.07) is 8.64. The van der Waals surface area contributed by atoms with Crippen molar-refractivity contribution in [2.45, 2.75) is 6.54 Å². The topological polar surface area (TPSA) is 59.8 Å². The quantitative estimate of drug-likeness (QED) is 0.501. The van der Waals surface area contributed by atoms with Crippen LogP contribution in [0.5, 0.6) is 0 Å². The van der Waals surface area contributed by atoms with Crippen LogP contribution < -0.4 is 5.32 Å². The number of rotatable bonds is 4. The highest BCUT2D eigenvalue weighted by atomic mass is 35.5. The molecule has 0 aliphatic heterocycles. The van der Waals surface area contributed by atoms with Crippen molar-refractivity contribution in [1.29, 1.82) is 0 Å². The van der Waals surface area contributed by atoms with Gasteiger partial charge in [-0.15, -0.1) is 0 Å². The maximum Gasteiger partial charge on any atom is 0.253 e. The van der Waals surface area contributed by atoms with E-state index in [1.807, 2.05) is 0 Å². The van der Waals surface area contributed by atoms with Crippen LogP contribution in [-0.4, -0.2) is 20.4 Å². The highest BCUT2D eigenvalue weighted by molar-refractivity contribution is 6.37. The van der Waals surface area contributed by atoms with Crippen molar-refractivity contribution in [1.82, 2.24) is 19.9 Å². The zero-order valence-electron chi connectivity index (χ0n) is 14.7. The number of carbonyl (C=O) groups is 1. The molecule has 0 radical (unpaired) electrons. The molecule has 1 amide bonds. The van der Waals surface area contributed by atoms with Gasteiger partial charge in [0.15, 0.2) is 17.5 Å². The van der Waals surface area contributed by atoms with Gasteiger partial charge in [-0.2, -0.15) is 0 Å². The first-order valence-electron chi connectivity index (χ1n) is 8.45. The summed E-state index contributed by atoms with van der Waals surface area (Å²) in [5.74, 6) is -4.45. The maximum absolute atomic E-state index is 13.8. The Bertz CT molecular complexity index is 1230. The summed E-state index contributed by atoms with van der Waals surface area (Å²) >= 11 is 6.30. The molecule has 0 bridgehead atoms. The van der Waals surface area contributed by atoms with Crippen LogP contribution in [0.15, 0.2) is 55.0 Å². The monoisotopic (exact) mass is 416 g/mol. The number of nitrogens with one attached hydrogen (secondary N) is 1. The van der Waals surface area contributed by atoms with Crippen LogP contribution in [0.2, 0.25) is 5.02 Å². The third-order valence-corrected chi connectivity index (χ3v) is 4.66. The van der Waals surface area contributed by atoms with Crippen molar-refractivity contribution in [3.63, 3.8) is 0 Å². The molecular formula is C20H12ClF3N4O. The van der Waals surface area contributed by atoms with Gasteiger partial charge in [0.2, 0.25) is 5.95 Å². The van der Waals surface area contributed by atoms with Gasteiger partial charge in [0, 0.05) is 36.1 Å². The predicted octanol–water partition coefficient (Wildman–Crippen LogP) is 4.42. The standard InChI is InChI=1S/C20H12ClF3N4O/c21-13-3-1-4-15-16(13)12(10-28(15)20-25-7-2-8-26-20)19(29)27-9-11-5-6-14(22)18(24)17(11)23/h1-8,10H,9H2,(H,27,29).